The summed E-state index contributed by atoms with van der Waals surface area (Å²) in [6.45, 7) is 3.78. The molecule has 1 amide bonds. The minimum absolute atomic E-state index is 0.0316. The first kappa shape index (κ1) is 18.8. The maximum absolute atomic E-state index is 12.8. The molecule has 140 valence electrons. The standard InChI is InChI=1S/C20H18ClNO5/c1-11(2)26-13-4-6-14-15(10-19(23)27-18(14)9-13)20(24)22-17-8-12(25-3)5-7-16(17)21/h4-11H,1-3H3,(H,22,24). The second kappa shape index (κ2) is 7.72. The third-order valence-corrected chi connectivity index (χ3v) is 4.08. The van der Waals surface area contributed by atoms with E-state index in [1.165, 1.54) is 7.11 Å². The van der Waals surface area contributed by atoms with Crippen LogP contribution in [0.2, 0.25) is 5.02 Å². The maximum atomic E-state index is 12.8. The van der Waals surface area contributed by atoms with E-state index in [1.54, 1.807) is 36.4 Å². The molecule has 1 N–H and O–H groups in total. The first-order chi connectivity index (χ1) is 12.9. The monoisotopic (exact) mass is 387 g/mol. The predicted molar refractivity (Wildman–Crippen MR) is 104 cm³/mol. The number of rotatable bonds is 5. The summed E-state index contributed by atoms with van der Waals surface area (Å²) in [6, 6.07) is 11.0. The third kappa shape index (κ3) is 4.23. The highest BCUT2D eigenvalue weighted by atomic mass is 35.5. The van der Waals surface area contributed by atoms with E-state index in [2.05, 4.69) is 5.32 Å². The quantitative estimate of drug-likeness (QED) is 0.652. The summed E-state index contributed by atoms with van der Waals surface area (Å²) in [5.41, 5.74) is 0.187. The second-order valence-corrected chi connectivity index (χ2v) is 6.51. The average molecular weight is 388 g/mol. The Balaban J connectivity index is 2.00. The number of anilines is 1. The summed E-state index contributed by atoms with van der Waals surface area (Å²) in [7, 11) is 1.52. The van der Waals surface area contributed by atoms with Gasteiger partial charge in [0.15, 0.2) is 0 Å². The van der Waals surface area contributed by atoms with Gasteiger partial charge in [0.05, 0.1) is 29.5 Å². The van der Waals surface area contributed by atoms with Crippen LogP contribution in [0.3, 0.4) is 0 Å². The predicted octanol–water partition coefficient (Wildman–Crippen LogP) is 4.49. The van der Waals surface area contributed by atoms with Crippen LogP contribution in [-0.4, -0.2) is 19.1 Å². The van der Waals surface area contributed by atoms with Gasteiger partial charge in [-0.15, -0.1) is 0 Å². The van der Waals surface area contributed by atoms with Crippen LogP contribution in [0.1, 0.15) is 24.2 Å². The van der Waals surface area contributed by atoms with E-state index in [4.69, 9.17) is 25.5 Å². The number of halogens is 1. The highest BCUT2D eigenvalue weighted by Gasteiger charge is 2.16. The molecule has 7 heteroatoms. The van der Waals surface area contributed by atoms with Crippen molar-refractivity contribution >= 4 is 34.2 Å². The number of fused-ring (bicyclic) bond motifs is 1. The number of carbonyl (C=O) groups is 1. The number of benzene rings is 2. The van der Waals surface area contributed by atoms with Gasteiger partial charge in [-0.05, 0) is 38.1 Å². The largest absolute Gasteiger partial charge is 0.497 e. The molecule has 0 aliphatic carbocycles. The van der Waals surface area contributed by atoms with Crippen LogP contribution in [0, 0.1) is 0 Å². The van der Waals surface area contributed by atoms with Gasteiger partial charge in [-0.25, -0.2) is 4.79 Å². The summed E-state index contributed by atoms with van der Waals surface area (Å²) in [6.07, 6.45) is -0.0316. The summed E-state index contributed by atoms with van der Waals surface area (Å²) in [5, 5.41) is 3.54. The fraction of sp³-hybridized carbons (Fsp3) is 0.200. The van der Waals surface area contributed by atoms with Crippen LogP contribution in [-0.2, 0) is 0 Å². The lowest BCUT2D eigenvalue weighted by atomic mass is 10.1. The van der Waals surface area contributed by atoms with Crippen LogP contribution in [0.4, 0.5) is 5.69 Å². The Bertz CT molecular complexity index is 1060. The molecule has 0 aliphatic heterocycles. The second-order valence-electron chi connectivity index (χ2n) is 6.10. The van der Waals surface area contributed by atoms with Crippen molar-refractivity contribution < 1.29 is 18.7 Å². The molecule has 0 saturated heterocycles. The lowest BCUT2D eigenvalue weighted by Gasteiger charge is -2.12. The van der Waals surface area contributed by atoms with Gasteiger partial charge in [-0.1, -0.05) is 11.6 Å². The Morgan fingerprint density at radius 3 is 2.56 bits per heavy atom. The number of nitrogens with one attached hydrogen (secondary N) is 1. The topological polar surface area (TPSA) is 77.8 Å². The Morgan fingerprint density at radius 1 is 1.11 bits per heavy atom. The SMILES string of the molecule is COc1ccc(Cl)c(NC(=O)c2cc(=O)oc3cc(OC(C)C)ccc23)c1. The Kier molecular flexibility index (Phi) is 5.37. The molecular weight excluding hydrogens is 370 g/mol. The van der Waals surface area contributed by atoms with Crippen molar-refractivity contribution in [1.82, 2.24) is 0 Å². The van der Waals surface area contributed by atoms with Gasteiger partial charge >= 0.3 is 5.63 Å². The number of ether oxygens (including phenoxy) is 2. The molecule has 0 aliphatic rings. The van der Waals surface area contributed by atoms with E-state index in [1.807, 2.05) is 13.8 Å². The summed E-state index contributed by atoms with van der Waals surface area (Å²) >= 11 is 6.14. The number of methoxy groups -OCH3 is 1. The van der Waals surface area contributed by atoms with Crippen molar-refractivity contribution in [3.05, 3.63) is 63.5 Å². The maximum Gasteiger partial charge on any atom is 0.337 e. The van der Waals surface area contributed by atoms with Crippen molar-refractivity contribution in [3.63, 3.8) is 0 Å². The van der Waals surface area contributed by atoms with Gasteiger partial charge < -0.3 is 19.2 Å². The van der Waals surface area contributed by atoms with Crippen LogP contribution in [0.5, 0.6) is 11.5 Å². The molecule has 3 aromatic rings. The van der Waals surface area contributed by atoms with E-state index in [-0.39, 0.29) is 17.3 Å². The number of amides is 1. The van der Waals surface area contributed by atoms with E-state index < -0.39 is 11.5 Å². The number of carbonyl (C=O) groups excluding carboxylic acids is 1. The van der Waals surface area contributed by atoms with E-state index in [0.29, 0.717) is 27.6 Å². The van der Waals surface area contributed by atoms with Crippen molar-refractivity contribution in [3.8, 4) is 11.5 Å². The molecule has 3 rings (SSSR count). The third-order valence-electron chi connectivity index (χ3n) is 3.75. The zero-order chi connectivity index (χ0) is 19.6. The van der Waals surface area contributed by atoms with E-state index in [0.717, 1.165) is 6.07 Å². The lowest BCUT2D eigenvalue weighted by molar-refractivity contribution is 0.102. The number of hydrogen-bond acceptors (Lipinski definition) is 5. The Morgan fingerprint density at radius 2 is 1.85 bits per heavy atom. The highest BCUT2D eigenvalue weighted by molar-refractivity contribution is 6.34. The molecule has 0 unspecified atom stereocenters. The van der Waals surface area contributed by atoms with E-state index >= 15 is 0 Å². The molecule has 2 aromatic carbocycles. The first-order valence-corrected chi connectivity index (χ1v) is 8.64. The van der Waals surface area contributed by atoms with Gasteiger partial charge in [0.25, 0.3) is 5.91 Å². The molecule has 6 nitrogen and oxygen atoms in total. The summed E-state index contributed by atoms with van der Waals surface area (Å²) < 4.78 is 16.0. The Hall–Kier alpha value is -2.99. The van der Waals surface area contributed by atoms with Crippen LogP contribution in [0.15, 0.2) is 51.7 Å². The molecular formula is C20H18ClNO5. The summed E-state index contributed by atoms with van der Waals surface area (Å²) in [5.74, 6) is 0.609. The van der Waals surface area contributed by atoms with E-state index in [9.17, 15) is 9.59 Å². The molecule has 1 heterocycles. The van der Waals surface area contributed by atoms with Crippen LogP contribution in [0.25, 0.3) is 11.0 Å². The fourth-order valence-electron chi connectivity index (χ4n) is 2.59. The van der Waals surface area contributed by atoms with Crippen molar-refractivity contribution in [2.24, 2.45) is 0 Å². The molecule has 0 radical (unpaired) electrons. The molecule has 0 saturated carbocycles. The lowest BCUT2D eigenvalue weighted by Crippen LogP contribution is -2.15. The highest BCUT2D eigenvalue weighted by Crippen LogP contribution is 2.28. The average Bonchev–Trinajstić information content (AvgIpc) is 2.62. The van der Waals surface area contributed by atoms with Gasteiger partial charge in [0.2, 0.25) is 0 Å². The molecule has 0 atom stereocenters. The van der Waals surface area contributed by atoms with Gasteiger partial charge in [0, 0.05) is 23.6 Å². The van der Waals surface area contributed by atoms with Gasteiger partial charge in [-0.2, -0.15) is 0 Å². The normalized spacial score (nSPS) is 10.9. The van der Waals surface area contributed by atoms with Crippen LogP contribution < -0.4 is 20.4 Å². The minimum atomic E-state index is -0.633. The summed E-state index contributed by atoms with van der Waals surface area (Å²) in [4.78, 5) is 24.7. The van der Waals surface area contributed by atoms with Crippen molar-refractivity contribution in [2.45, 2.75) is 20.0 Å². The van der Waals surface area contributed by atoms with Crippen LogP contribution >= 0.6 is 11.6 Å². The van der Waals surface area contributed by atoms with Gasteiger partial charge in [-0.3, -0.25) is 4.79 Å². The zero-order valence-electron chi connectivity index (χ0n) is 15.0. The molecule has 1 aromatic heterocycles. The zero-order valence-corrected chi connectivity index (χ0v) is 15.8. The Labute approximate surface area is 160 Å². The molecule has 27 heavy (non-hydrogen) atoms. The molecule has 0 spiro atoms. The van der Waals surface area contributed by atoms with Gasteiger partial charge in [0.1, 0.15) is 17.1 Å². The van der Waals surface area contributed by atoms with Crippen molar-refractivity contribution in [2.75, 3.05) is 12.4 Å². The first-order valence-electron chi connectivity index (χ1n) is 8.27. The smallest absolute Gasteiger partial charge is 0.337 e. The fourth-order valence-corrected chi connectivity index (χ4v) is 2.76. The molecule has 0 bridgehead atoms. The van der Waals surface area contributed by atoms with Crippen molar-refractivity contribution in [1.29, 1.82) is 0 Å². The minimum Gasteiger partial charge on any atom is -0.497 e. The molecule has 0 fully saturated rings. The number of hydrogen-bond donors (Lipinski definition) is 1.